The highest BCUT2D eigenvalue weighted by Gasteiger charge is 2.31. The third kappa shape index (κ3) is 3.37. The molecule has 4 nitrogen and oxygen atoms in total. The van der Waals surface area contributed by atoms with Crippen molar-refractivity contribution in [3.05, 3.63) is 28.9 Å². The number of aliphatic hydroxyl groups is 1. The molecule has 0 amide bonds. The van der Waals surface area contributed by atoms with E-state index < -0.39 is 11.7 Å². The van der Waals surface area contributed by atoms with Gasteiger partial charge in [0.15, 0.2) is 5.15 Å². The predicted molar refractivity (Wildman–Crippen MR) is 88.1 cm³/mol. The van der Waals surface area contributed by atoms with Crippen LogP contribution in [0.3, 0.4) is 0 Å². The fraction of sp³-hybridized carbons (Fsp3) is 0.438. The van der Waals surface area contributed by atoms with Crippen LogP contribution in [0.25, 0.3) is 10.9 Å². The summed E-state index contributed by atoms with van der Waals surface area (Å²) in [5.41, 5.74) is 6.06. The summed E-state index contributed by atoms with van der Waals surface area (Å²) in [4.78, 5) is 3.98. The second-order valence-electron chi connectivity index (χ2n) is 6.07. The largest absolute Gasteiger partial charge is 0.416 e. The van der Waals surface area contributed by atoms with Gasteiger partial charge in [0.05, 0.1) is 28.6 Å². The number of hydrogen-bond acceptors (Lipinski definition) is 4. The number of nitrogens with two attached hydrogens (primary N) is 1. The molecule has 0 radical (unpaired) electrons. The van der Waals surface area contributed by atoms with Crippen molar-refractivity contribution in [2.45, 2.75) is 44.0 Å². The smallest absolute Gasteiger partial charge is 0.395 e. The number of alkyl halides is 3. The van der Waals surface area contributed by atoms with E-state index in [1.165, 1.54) is 6.07 Å². The summed E-state index contributed by atoms with van der Waals surface area (Å²) in [6.45, 7) is 0. The zero-order valence-electron chi connectivity index (χ0n) is 12.7. The van der Waals surface area contributed by atoms with Crippen molar-refractivity contribution in [3.63, 3.8) is 0 Å². The van der Waals surface area contributed by atoms with Crippen LogP contribution >= 0.6 is 11.6 Å². The maximum Gasteiger partial charge on any atom is 0.416 e. The summed E-state index contributed by atoms with van der Waals surface area (Å²) in [6, 6.07) is 3.42. The molecule has 3 rings (SSSR count). The number of fused-ring (bicyclic) bond motifs is 1. The van der Waals surface area contributed by atoms with Crippen molar-refractivity contribution in [1.29, 1.82) is 0 Å². The maximum absolute atomic E-state index is 12.9. The number of nitrogen functional groups attached to an aromatic ring is 1. The number of pyridine rings is 1. The van der Waals surface area contributed by atoms with Gasteiger partial charge in [-0.15, -0.1) is 0 Å². The van der Waals surface area contributed by atoms with Gasteiger partial charge in [0.2, 0.25) is 0 Å². The molecular formula is C16H17ClF3N3O. The molecule has 1 heterocycles. The molecule has 1 fully saturated rings. The van der Waals surface area contributed by atoms with E-state index in [9.17, 15) is 18.3 Å². The van der Waals surface area contributed by atoms with Crippen LogP contribution in [-0.2, 0) is 6.18 Å². The third-order valence-corrected chi connectivity index (χ3v) is 4.64. The van der Waals surface area contributed by atoms with Crippen molar-refractivity contribution >= 4 is 33.9 Å². The number of halogens is 4. The molecular weight excluding hydrogens is 343 g/mol. The van der Waals surface area contributed by atoms with E-state index in [2.05, 4.69) is 10.3 Å². The number of aliphatic hydroxyl groups excluding tert-OH is 1. The third-order valence-electron chi connectivity index (χ3n) is 4.35. The van der Waals surface area contributed by atoms with Gasteiger partial charge in [-0.1, -0.05) is 17.7 Å². The van der Waals surface area contributed by atoms with Gasteiger partial charge in [0, 0.05) is 11.4 Å². The Bertz CT molecular complexity index is 758. The SMILES string of the molecule is Nc1c(Cl)nc2cc(C(F)(F)F)ccc2c1NC1CCC(O)CC1. The molecule has 4 N–H and O–H groups in total. The van der Waals surface area contributed by atoms with E-state index in [1.54, 1.807) is 0 Å². The van der Waals surface area contributed by atoms with E-state index in [0.717, 1.165) is 25.0 Å². The standard InChI is InChI=1S/C16H17ClF3N3O/c17-15-13(21)14(22-9-2-4-10(24)5-3-9)11-6-1-8(16(18,19)20)7-12(11)23-15/h1,6-7,9-10,24H,2-5,21H2,(H,22,23). The van der Waals surface area contributed by atoms with Gasteiger partial charge >= 0.3 is 6.18 Å². The second kappa shape index (κ2) is 6.29. The summed E-state index contributed by atoms with van der Waals surface area (Å²) in [5, 5.41) is 13.3. The van der Waals surface area contributed by atoms with Crippen molar-refractivity contribution in [1.82, 2.24) is 4.98 Å². The molecule has 0 spiro atoms. The van der Waals surface area contributed by atoms with Crippen molar-refractivity contribution in [2.75, 3.05) is 11.1 Å². The summed E-state index contributed by atoms with van der Waals surface area (Å²) in [7, 11) is 0. The normalized spacial score (nSPS) is 21.9. The Labute approximate surface area is 141 Å². The lowest BCUT2D eigenvalue weighted by atomic mass is 9.92. The molecule has 0 bridgehead atoms. The van der Waals surface area contributed by atoms with Gasteiger partial charge in [-0.05, 0) is 37.8 Å². The number of aromatic nitrogens is 1. The van der Waals surface area contributed by atoms with Crippen LogP contribution < -0.4 is 11.1 Å². The molecule has 2 aromatic rings. The summed E-state index contributed by atoms with van der Waals surface area (Å²) in [5.74, 6) is 0. The number of rotatable bonds is 2. The highest BCUT2D eigenvalue weighted by molar-refractivity contribution is 6.33. The fourth-order valence-electron chi connectivity index (χ4n) is 3.01. The Morgan fingerprint density at radius 1 is 1.21 bits per heavy atom. The van der Waals surface area contributed by atoms with Crippen LogP contribution in [0.1, 0.15) is 31.2 Å². The van der Waals surface area contributed by atoms with Gasteiger partial charge in [-0.2, -0.15) is 13.2 Å². The molecule has 8 heteroatoms. The van der Waals surface area contributed by atoms with E-state index in [0.29, 0.717) is 23.9 Å². The molecule has 0 aliphatic heterocycles. The van der Waals surface area contributed by atoms with Gasteiger partial charge in [0.1, 0.15) is 0 Å². The zero-order chi connectivity index (χ0) is 17.5. The quantitative estimate of drug-likeness (QED) is 0.703. The number of benzene rings is 1. The molecule has 1 aromatic carbocycles. The Morgan fingerprint density at radius 2 is 1.88 bits per heavy atom. The number of anilines is 2. The Morgan fingerprint density at radius 3 is 2.50 bits per heavy atom. The molecule has 0 unspecified atom stereocenters. The molecule has 0 atom stereocenters. The summed E-state index contributed by atoms with van der Waals surface area (Å²) >= 11 is 6.00. The zero-order valence-corrected chi connectivity index (χ0v) is 13.5. The van der Waals surface area contributed by atoms with Crippen molar-refractivity contribution in [3.8, 4) is 0 Å². The fourth-order valence-corrected chi connectivity index (χ4v) is 3.19. The van der Waals surface area contributed by atoms with E-state index in [-0.39, 0.29) is 28.5 Å². The highest BCUT2D eigenvalue weighted by Crippen LogP contribution is 2.38. The minimum Gasteiger partial charge on any atom is -0.395 e. The Kier molecular flexibility index (Phi) is 4.48. The molecule has 1 aromatic heterocycles. The second-order valence-corrected chi connectivity index (χ2v) is 6.43. The topological polar surface area (TPSA) is 71.2 Å². The lowest BCUT2D eigenvalue weighted by molar-refractivity contribution is -0.137. The lowest BCUT2D eigenvalue weighted by Crippen LogP contribution is -2.28. The van der Waals surface area contributed by atoms with Crippen LogP contribution in [-0.4, -0.2) is 22.2 Å². The first-order chi connectivity index (χ1) is 11.3. The molecule has 1 aliphatic rings. The predicted octanol–water partition coefficient (Wildman–Crippen LogP) is 4.20. The molecule has 130 valence electrons. The summed E-state index contributed by atoms with van der Waals surface area (Å²) in [6.07, 6.45) is -1.89. The number of nitrogens with zero attached hydrogens (tertiary/aromatic N) is 1. The average Bonchev–Trinajstić information content (AvgIpc) is 2.52. The number of hydrogen-bond donors (Lipinski definition) is 3. The minimum absolute atomic E-state index is 0.0276. The molecule has 1 aliphatic carbocycles. The Hall–Kier alpha value is -1.73. The van der Waals surface area contributed by atoms with Crippen LogP contribution in [0.4, 0.5) is 24.5 Å². The summed E-state index contributed by atoms with van der Waals surface area (Å²) < 4.78 is 38.6. The van der Waals surface area contributed by atoms with E-state index >= 15 is 0 Å². The average molecular weight is 360 g/mol. The van der Waals surface area contributed by atoms with Gasteiger partial charge in [-0.3, -0.25) is 0 Å². The van der Waals surface area contributed by atoms with Crippen molar-refractivity contribution < 1.29 is 18.3 Å². The van der Waals surface area contributed by atoms with Crippen molar-refractivity contribution in [2.24, 2.45) is 0 Å². The van der Waals surface area contributed by atoms with Crippen LogP contribution in [0.2, 0.25) is 5.15 Å². The first-order valence-electron chi connectivity index (χ1n) is 7.66. The van der Waals surface area contributed by atoms with Crippen LogP contribution in [0.5, 0.6) is 0 Å². The van der Waals surface area contributed by atoms with Crippen LogP contribution in [0, 0.1) is 0 Å². The van der Waals surface area contributed by atoms with Crippen LogP contribution in [0.15, 0.2) is 18.2 Å². The molecule has 0 saturated heterocycles. The Balaban J connectivity index is 2.01. The van der Waals surface area contributed by atoms with E-state index in [4.69, 9.17) is 17.3 Å². The highest BCUT2D eigenvalue weighted by atomic mass is 35.5. The molecule has 24 heavy (non-hydrogen) atoms. The maximum atomic E-state index is 12.9. The molecule has 1 saturated carbocycles. The van der Waals surface area contributed by atoms with Gasteiger partial charge in [0.25, 0.3) is 0 Å². The minimum atomic E-state index is -4.45. The number of nitrogens with one attached hydrogen (secondary N) is 1. The monoisotopic (exact) mass is 359 g/mol. The van der Waals surface area contributed by atoms with E-state index in [1.807, 2.05) is 0 Å². The van der Waals surface area contributed by atoms with Gasteiger partial charge < -0.3 is 16.2 Å². The first-order valence-corrected chi connectivity index (χ1v) is 8.04. The van der Waals surface area contributed by atoms with Gasteiger partial charge in [-0.25, -0.2) is 4.98 Å². The first kappa shape index (κ1) is 17.1. The lowest BCUT2D eigenvalue weighted by Gasteiger charge is -2.28.